The molecule has 41 heavy (non-hydrogen) atoms. The van der Waals surface area contributed by atoms with Gasteiger partial charge in [0.2, 0.25) is 5.91 Å². The van der Waals surface area contributed by atoms with Gasteiger partial charge in [0.05, 0.1) is 34.2 Å². The summed E-state index contributed by atoms with van der Waals surface area (Å²) >= 11 is 0. The number of amides is 3. The van der Waals surface area contributed by atoms with Crippen LogP contribution in [-0.4, -0.2) is 81.6 Å². The molecule has 0 bridgehead atoms. The molecule has 0 saturated heterocycles. The van der Waals surface area contributed by atoms with Gasteiger partial charge < -0.3 is 53.9 Å². The van der Waals surface area contributed by atoms with Crippen molar-refractivity contribution in [1.82, 2.24) is 16.0 Å². The Morgan fingerprint density at radius 2 is 1.44 bits per heavy atom. The Morgan fingerprint density at radius 3 is 2.00 bits per heavy atom. The van der Waals surface area contributed by atoms with E-state index in [1.54, 1.807) is 0 Å². The number of hydrogen-bond acceptors (Lipinski definition) is 5. The maximum absolute atomic E-state index is 13.0. The third kappa shape index (κ3) is 11.1. The minimum absolute atomic E-state index is 0. The van der Waals surface area contributed by atoms with Gasteiger partial charge in [-0.05, 0) is 62.3 Å². The van der Waals surface area contributed by atoms with E-state index < -0.39 is 23.8 Å². The summed E-state index contributed by atoms with van der Waals surface area (Å²) in [7, 11) is 6.16. The van der Waals surface area contributed by atoms with E-state index in [9.17, 15) is 14.4 Å². The number of alkyl carbamates (subject to hydrolysis) is 2. The number of benzene rings is 2. The summed E-state index contributed by atoms with van der Waals surface area (Å²) in [6.07, 6.45) is 0.566. The molecule has 0 aliphatic heterocycles. The molecule has 0 saturated carbocycles. The molecule has 3 amide bonds. The first-order valence-electron chi connectivity index (χ1n) is 14.0. The number of nitrogens with zero attached hydrogens (tertiary/aromatic N) is 1. The van der Waals surface area contributed by atoms with E-state index in [2.05, 4.69) is 61.4 Å². The van der Waals surface area contributed by atoms with E-state index in [1.165, 1.54) is 0 Å². The number of quaternary nitrogens is 1. The van der Waals surface area contributed by atoms with Crippen LogP contribution in [0, 0.1) is 0 Å². The zero-order valence-electron chi connectivity index (χ0n) is 25.1. The molecule has 0 radical (unpaired) electrons. The molecule has 1 aliphatic rings. The number of nitrogens with one attached hydrogen (secondary N) is 3. The minimum Gasteiger partial charge on any atom is -1.00 e. The maximum atomic E-state index is 13.0. The molecule has 0 fully saturated rings. The molecule has 226 valence electrons. The SMILES string of the molecule is CC(C)(C)OC(=O)NCCCC[C@H](NC(=O)OCC1c2ccccc2-c2ccccc21)C(=O)NCC[N+](C)(C)C.[I-]. The zero-order valence-corrected chi connectivity index (χ0v) is 27.2. The Balaban J connectivity index is 0.00000588. The number of fused-ring (bicyclic) bond motifs is 3. The standard InChI is InChI=1S/C31H44N4O5.HI/c1-31(2,3)40-29(37)33-18-12-11-17-27(28(36)32-19-20-35(4,5)6)34-30(38)39-21-26-24-15-9-7-13-22(24)23-14-8-10-16-25(23)26;/h7-10,13-16,26-27H,11-12,17-21H2,1-6H3,(H2-,32,33,34,36,37,38);1H/t27-;/m0./s1. The quantitative estimate of drug-likeness (QED) is 0.179. The third-order valence-corrected chi connectivity index (χ3v) is 6.62. The van der Waals surface area contributed by atoms with Gasteiger partial charge in [-0.3, -0.25) is 4.79 Å². The van der Waals surface area contributed by atoms with E-state index in [1.807, 2.05) is 45.0 Å². The van der Waals surface area contributed by atoms with Crippen LogP contribution in [0.4, 0.5) is 9.59 Å². The first kappa shape index (κ1) is 34.3. The first-order chi connectivity index (χ1) is 18.8. The van der Waals surface area contributed by atoms with E-state index in [-0.39, 0.29) is 42.4 Å². The van der Waals surface area contributed by atoms with Crippen molar-refractivity contribution in [3.05, 3.63) is 59.7 Å². The highest BCUT2D eigenvalue weighted by molar-refractivity contribution is 5.85. The summed E-state index contributed by atoms with van der Waals surface area (Å²) in [5.41, 5.74) is 4.00. The molecule has 2 aromatic carbocycles. The molecular weight excluding hydrogens is 635 g/mol. The molecule has 3 N–H and O–H groups in total. The number of rotatable bonds is 12. The van der Waals surface area contributed by atoms with E-state index in [4.69, 9.17) is 9.47 Å². The number of halogens is 1. The summed E-state index contributed by atoms with van der Waals surface area (Å²) in [6, 6.07) is 15.6. The van der Waals surface area contributed by atoms with Crippen molar-refractivity contribution in [3.8, 4) is 11.1 Å². The fourth-order valence-electron chi connectivity index (χ4n) is 4.67. The molecule has 1 aliphatic carbocycles. The normalized spacial score (nSPS) is 13.2. The number of unbranched alkanes of at least 4 members (excludes halogenated alkanes) is 1. The highest BCUT2D eigenvalue weighted by atomic mass is 127. The fraction of sp³-hybridized carbons (Fsp3) is 0.516. The van der Waals surface area contributed by atoms with Crippen LogP contribution in [0.5, 0.6) is 0 Å². The number of carbonyl (C=O) groups is 3. The lowest BCUT2D eigenvalue weighted by Crippen LogP contribution is -3.00. The second-order valence-corrected chi connectivity index (χ2v) is 12.3. The maximum Gasteiger partial charge on any atom is 0.407 e. The van der Waals surface area contributed by atoms with Crippen LogP contribution >= 0.6 is 0 Å². The molecule has 3 rings (SSSR count). The van der Waals surface area contributed by atoms with Crippen molar-refractivity contribution in [3.63, 3.8) is 0 Å². The van der Waals surface area contributed by atoms with Crippen molar-refractivity contribution in [2.45, 2.75) is 57.6 Å². The van der Waals surface area contributed by atoms with Crippen LogP contribution in [0.1, 0.15) is 57.1 Å². The number of hydrogen-bond donors (Lipinski definition) is 3. The predicted octanol–water partition coefficient (Wildman–Crippen LogP) is 1.42. The van der Waals surface area contributed by atoms with Gasteiger partial charge in [-0.2, -0.15) is 0 Å². The molecule has 2 aromatic rings. The van der Waals surface area contributed by atoms with Crippen molar-refractivity contribution in [1.29, 1.82) is 0 Å². The fourth-order valence-corrected chi connectivity index (χ4v) is 4.67. The summed E-state index contributed by atoms with van der Waals surface area (Å²) < 4.78 is 11.6. The van der Waals surface area contributed by atoms with Crippen molar-refractivity contribution in [2.75, 3.05) is 47.4 Å². The van der Waals surface area contributed by atoms with Crippen LogP contribution in [0.15, 0.2) is 48.5 Å². The van der Waals surface area contributed by atoms with Gasteiger partial charge in [0.15, 0.2) is 0 Å². The van der Waals surface area contributed by atoms with Gasteiger partial charge in [0.1, 0.15) is 18.2 Å². The van der Waals surface area contributed by atoms with Gasteiger partial charge >= 0.3 is 12.2 Å². The van der Waals surface area contributed by atoms with E-state index >= 15 is 0 Å². The largest absolute Gasteiger partial charge is 1.00 e. The molecular formula is C31H45IN4O5. The van der Waals surface area contributed by atoms with E-state index in [0.29, 0.717) is 36.8 Å². The second kappa shape index (κ2) is 15.4. The highest BCUT2D eigenvalue weighted by Crippen LogP contribution is 2.44. The lowest BCUT2D eigenvalue weighted by atomic mass is 9.98. The Labute approximate surface area is 261 Å². The van der Waals surface area contributed by atoms with Crippen LogP contribution < -0.4 is 39.9 Å². The lowest BCUT2D eigenvalue weighted by Gasteiger charge is -2.25. The Morgan fingerprint density at radius 1 is 0.854 bits per heavy atom. The van der Waals surface area contributed by atoms with Crippen molar-refractivity contribution in [2.24, 2.45) is 0 Å². The lowest BCUT2D eigenvalue weighted by molar-refractivity contribution is -0.869. The van der Waals surface area contributed by atoms with Gasteiger partial charge in [-0.15, -0.1) is 0 Å². The minimum atomic E-state index is -0.746. The molecule has 0 heterocycles. The van der Waals surface area contributed by atoms with Crippen LogP contribution in [-0.2, 0) is 14.3 Å². The molecule has 10 heteroatoms. The average molecular weight is 681 g/mol. The van der Waals surface area contributed by atoms with Crippen molar-refractivity contribution < 1.29 is 52.3 Å². The average Bonchev–Trinajstić information content (AvgIpc) is 3.18. The Hall–Kier alpha value is -2.86. The Bertz CT molecular complexity index is 1130. The smallest absolute Gasteiger partial charge is 0.407 e. The molecule has 0 spiro atoms. The van der Waals surface area contributed by atoms with Gasteiger partial charge in [0, 0.05) is 12.5 Å². The number of carbonyl (C=O) groups excluding carboxylic acids is 3. The Kier molecular flexibility index (Phi) is 12.9. The van der Waals surface area contributed by atoms with Crippen molar-refractivity contribution >= 4 is 18.1 Å². The second-order valence-electron chi connectivity index (χ2n) is 12.3. The third-order valence-electron chi connectivity index (χ3n) is 6.62. The monoisotopic (exact) mass is 680 g/mol. The van der Waals surface area contributed by atoms with Crippen LogP contribution in [0.2, 0.25) is 0 Å². The molecule has 0 unspecified atom stereocenters. The number of likely N-dealkylation sites (N-methyl/N-ethyl adjacent to an activating group) is 1. The van der Waals surface area contributed by atoms with Gasteiger partial charge in [0.25, 0.3) is 0 Å². The highest BCUT2D eigenvalue weighted by Gasteiger charge is 2.30. The number of ether oxygens (including phenoxy) is 2. The topological polar surface area (TPSA) is 106 Å². The molecule has 0 aromatic heterocycles. The zero-order chi connectivity index (χ0) is 29.3. The summed E-state index contributed by atoms with van der Waals surface area (Å²) in [4.78, 5) is 37.8. The predicted molar refractivity (Wildman–Crippen MR) is 156 cm³/mol. The van der Waals surface area contributed by atoms with Crippen LogP contribution in [0.3, 0.4) is 0 Å². The van der Waals surface area contributed by atoms with Gasteiger partial charge in [-0.25, -0.2) is 9.59 Å². The summed E-state index contributed by atoms with van der Waals surface area (Å²) in [5.74, 6) is -0.309. The first-order valence-corrected chi connectivity index (χ1v) is 14.0. The summed E-state index contributed by atoms with van der Waals surface area (Å²) in [5, 5.41) is 8.44. The van der Waals surface area contributed by atoms with E-state index in [0.717, 1.165) is 28.8 Å². The molecule has 1 atom stereocenters. The van der Waals surface area contributed by atoms with Gasteiger partial charge in [-0.1, -0.05) is 48.5 Å². The van der Waals surface area contributed by atoms with Crippen LogP contribution in [0.25, 0.3) is 11.1 Å². The molecule has 9 nitrogen and oxygen atoms in total. The summed E-state index contributed by atoms with van der Waals surface area (Å²) in [6.45, 7) is 7.26.